The van der Waals surface area contributed by atoms with Crippen molar-refractivity contribution in [1.82, 2.24) is 9.80 Å². The average Bonchev–Trinajstić information content (AvgIpc) is 2.76. The first kappa shape index (κ1) is 22.7. The van der Waals surface area contributed by atoms with Crippen molar-refractivity contribution in [3.05, 3.63) is 64.4 Å². The zero-order chi connectivity index (χ0) is 22.5. The summed E-state index contributed by atoms with van der Waals surface area (Å²) >= 11 is 6.24. The van der Waals surface area contributed by atoms with Gasteiger partial charge in [0, 0.05) is 32.9 Å². The summed E-state index contributed by atoms with van der Waals surface area (Å²) in [6.45, 7) is 1.19. The predicted octanol–water partition coefficient (Wildman–Crippen LogP) is 3.60. The number of piperidine rings is 1. The Bertz CT molecular complexity index is 971. The maximum atomic E-state index is 13.1. The van der Waals surface area contributed by atoms with E-state index in [9.17, 15) is 18.8 Å². The molecule has 0 bridgehead atoms. The molecule has 0 atom stereocenters. The lowest BCUT2D eigenvalue weighted by molar-refractivity contribution is -0.141. The van der Waals surface area contributed by atoms with Crippen molar-refractivity contribution in [3.63, 3.8) is 0 Å². The number of nitrogens with zero attached hydrogens (tertiary/aromatic N) is 2. The van der Waals surface area contributed by atoms with E-state index >= 15 is 0 Å². The first-order valence-electron chi connectivity index (χ1n) is 10.1. The van der Waals surface area contributed by atoms with Gasteiger partial charge in [0.2, 0.25) is 0 Å². The third kappa shape index (κ3) is 5.82. The van der Waals surface area contributed by atoms with Crippen LogP contribution in [0.1, 0.15) is 28.8 Å². The normalized spacial score (nSPS) is 14.3. The summed E-state index contributed by atoms with van der Waals surface area (Å²) in [7, 11) is 2.97. The van der Waals surface area contributed by atoms with E-state index in [1.807, 2.05) is 0 Å². The van der Waals surface area contributed by atoms with Crippen molar-refractivity contribution in [2.24, 2.45) is 5.92 Å². The molecular formula is C23H25ClFN3O3. The van der Waals surface area contributed by atoms with E-state index in [1.165, 1.54) is 43.3 Å². The first-order chi connectivity index (χ1) is 14.7. The summed E-state index contributed by atoms with van der Waals surface area (Å²) in [5.74, 6) is -1.50. The van der Waals surface area contributed by atoms with Gasteiger partial charge in [-0.05, 0) is 61.1 Å². The summed E-state index contributed by atoms with van der Waals surface area (Å²) in [6, 6.07) is 11.1. The Morgan fingerprint density at radius 3 is 2.35 bits per heavy atom. The minimum atomic E-state index is -0.785. The fraction of sp³-hybridized carbons (Fsp3) is 0.348. The highest BCUT2D eigenvalue weighted by Crippen LogP contribution is 2.26. The molecule has 3 amide bonds. The van der Waals surface area contributed by atoms with Crippen LogP contribution in [-0.2, 0) is 16.0 Å². The standard InChI is InChI=1S/C23H25ClFN3O3/c1-27(2)23(31)21(29)26-18-7-8-20(24)19(14-18)22(30)28-11-9-16(10-12-28)13-15-3-5-17(25)6-4-15/h3-8,14,16H,9-13H2,1-2H3,(H,26,29). The number of likely N-dealkylation sites (N-methyl/N-ethyl adjacent to an activating group) is 1. The zero-order valence-corrected chi connectivity index (χ0v) is 18.3. The van der Waals surface area contributed by atoms with Gasteiger partial charge >= 0.3 is 11.8 Å². The van der Waals surface area contributed by atoms with Gasteiger partial charge in [-0.15, -0.1) is 0 Å². The van der Waals surface area contributed by atoms with Crippen molar-refractivity contribution < 1.29 is 18.8 Å². The maximum Gasteiger partial charge on any atom is 0.313 e. The number of carbonyl (C=O) groups excluding carboxylic acids is 3. The van der Waals surface area contributed by atoms with Crippen LogP contribution in [0.4, 0.5) is 10.1 Å². The number of hydrogen-bond donors (Lipinski definition) is 1. The van der Waals surface area contributed by atoms with Crippen LogP contribution < -0.4 is 5.32 Å². The van der Waals surface area contributed by atoms with Gasteiger partial charge in [-0.2, -0.15) is 0 Å². The molecule has 0 spiro atoms. The minimum Gasteiger partial charge on any atom is -0.341 e. The summed E-state index contributed by atoms with van der Waals surface area (Å²) in [6.07, 6.45) is 2.54. The molecule has 0 aromatic heterocycles. The van der Waals surface area contributed by atoms with Crippen LogP contribution in [0.5, 0.6) is 0 Å². The van der Waals surface area contributed by atoms with Gasteiger partial charge in [-0.3, -0.25) is 14.4 Å². The number of halogens is 2. The summed E-state index contributed by atoms with van der Waals surface area (Å²) in [4.78, 5) is 39.7. The number of hydrogen-bond acceptors (Lipinski definition) is 3. The van der Waals surface area contributed by atoms with Gasteiger partial charge < -0.3 is 15.1 Å². The molecule has 1 N–H and O–H groups in total. The minimum absolute atomic E-state index is 0.208. The molecule has 0 saturated carbocycles. The van der Waals surface area contributed by atoms with Crippen LogP contribution in [0, 0.1) is 11.7 Å². The molecule has 1 fully saturated rings. The average molecular weight is 446 g/mol. The number of rotatable bonds is 4. The number of benzene rings is 2. The number of amides is 3. The van der Waals surface area contributed by atoms with E-state index in [-0.39, 0.29) is 22.3 Å². The van der Waals surface area contributed by atoms with Crippen molar-refractivity contribution in [3.8, 4) is 0 Å². The second-order valence-electron chi connectivity index (χ2n) is 7.91. The Morgan fingerprint density at radius 1 is 1.10 bits per heavy atom. The maximum absolute atomic E-state index is 13.1. The SMILES string of the molecule is CN(C)C(=O)C(=O)Nc1ccc(Cl)c(C(=O)N2CCC(Cc3ccc(F)cc3)CC2)c1. The largest absolute Gasteiger partial charge is 0.341 e. The van der Waals surface area contributed by atoms with Crippen LogP contribution in [0.25, 0.3) is 0 Å². The van der Waals surface area contributed by atoms with Crippen molar-refractivity contribution in [1.29, 1.82) is 0 Å². The highest BCUT2D eigenvalue weighted by atomic mass is 35.5. The molecule has 0 radical (unpaired) electrons. The fourth-order valence-electron chi connectivity index (χ4n) is 3.62. The van der Waals surface area contributed by atoms with Crippen LogP contribution in [0.15, 0.2) is 42.5 Å². The Kier molecular flexibility index (Phi) is 7.28. The van der Waals surface area contributed by atoms with E-state index in [0.29, 0.717) is 24.7 Å². The molecule has 0 unspecified atom stereocenters. The molecule has 31 heavy (non-hydrogen) atoms. The molecule has 2 aromatic rings. The molecule has 0 aliphatic carbocycles. The van der Waals surface area contributed by atoms with E-state index in [0.717, 1.165) is 24.8 Å². The Morgan fingerprint density at radius 2 is 1.74 bits per heavy atom. The second kappa shape index (κ2) is 9.92. The summed E-state index contributed by atoms with van der Waals surface area (Å²) < 4.78 is 13.1. The third-order valence-corrected chi connectivity index (χ3v) is 5.72. The van der Waals surface area contributed by atoms with Gasteiger partial charge in [0.1, 0.15) is 5.82 Å². The first-order valence-corrected chi connectivity index (χ1v) is 10.5. The van der Waals surface area contributed by atoms with Crippen LogP contribution >= 0.6 is 11.6 Å². The smallest absolute Gasteiger partial charge is 0.313 e. The molecule has 1 aliphatic rings. The summed E-state index contributed by atoms with van der Waals surface area (Å²) in [5.41, 5.74) is 1.71. The quantitative estimate of drug-likeness (QED) is 0.731. The van der Waals surface area contributed by atoms with Gasteiger partial charge in [-0.25, -0.2) is 4.39 Å². The molecule has 3 rings (SSSR count). The van der Waals surface area contributed by atoms with E-state index in [1.54, 1.807) is 23.1 Å². The molecule has 6 nitrogen and oxygen atoms in total. The molecule has 2 aromatic carbocycles. The van der Waals surface area contributed by atoms with Crippen molar-refractivity contribution >= 4 is 35.0 Å². The zero-order valence-electron chi connectivity index (χ0n) is 17.5. The highest BCUT2D eigenvalue weighted by Gasteiger charge is 2.26. The van der Waals surface area contributed by atoms with Gasteiger partial charge in [0.25, 0.3) is 5.91 Å². The lowest BCUT2D eigenvalue weighted by Crippen LogP contribution is -2.39. The molecular weight excluding hydrogens is 421 g/mol. The van der Waals surface area contributed by atoms with Crippen molar-refractivity contribution in [2.75, 3.05) is 32.5 Å². The number of nitrogens with one attached hydrogen (secondary N) is 1. The molecule has 1 heterocycles. The topological polar surface area (TPSA) is 69.7 Å². The molecule has 1 aliphatic heterocycles. The lowest BCUT2D eigenvalue weighted by Gasteiger charge is -2.32. The fourth-order valence-corrected chi connectivity index (χ4v) is 3.82. The van der Waals surface area contributed by atoms with Gasteiger partial charge in [0.05, 0.1) is 10.6 Å². The highest BCUT2D eigenvalue weighted by molar-refractivity contribution is 6.39. The third-order valence-electron chi connectivity index (χ3n) is 5.39. The molecule has 1 saturated heterocycles. The number of likely N-dealkylation sites (tertiary alicyclic amines) is 1. The van der Waals surface area contributed by atoms with E-state index < -0.39 is 11.8 Å². The van der Waals surface area contributed by atoms with Crippen LogP contribution in [0.3, 0.4) is 0 Å². The summed E-state index contributed by atoms with van der Waals surface area (Å²) in [5, 5.41) is 2.79. The Hall–Kier alpha value is -2.93. The van der Waals surface area contributed by atoms with Crippen molar-refractivity contribution in [2.45, 2.75) is 19.3 Å². The second-order valence-corrected chi connectivity index (χ2v) is 8.32. The Labute approximate surface area is 186 Å². The molecule has 164 valence electrons. The predicted molar refractivity (Wildman–Crippen MR) is 118 cm³/mol. The number of anilines is 1. The van der Waals surface area contributed by atoms with Crippen LogP contribution in [-0.4, -0.2) is 54.7 Å². The lowest BCUT2D eigenvalue weighted by atomic mass is 9.90. The molecule has 8 heteroatoms. The van der Waals surface area contributed by atoms with Crippen LogP contribution in [0.2, 0.25) is 5.02 Å². The Balaban J connectivity index is 1.61. The van der Waals surface area contributed by atoms with E-state index in [2.05, 4.69) is 5.32 Å². The monoisotopic (exact) mass is 445 g/mol. The van der Waals surface area contributed by atoms with E-state index in [4.69, 9.17) is 11.6 Å². The van der Waals surface area contributed by atoms with Gasteiger partial charge in [0.15, 0.2) is 0 Å². The number of carbonyl (C=O) groups is 3. The van der Waals surface area contributed by atoms with Gasteiger partial charge in [-0.1, -0.05) is 23.7 Å².